The summed E-state index contributed by atoms with van der Waals surface area (Å²) in [5.41, 5.74) is 3.56. The average Bonchev–Trinajstić information content (AvgIpc) is 1.62. The zero-order valence-electron chi connectivity index (χ0n) is 73.6. The fourth-order valence-electron chi connectivity index (χ4n) is 11.6. The van der Waals surface area contributed by atoms with Gasteiger partial charge in [0.2, 0.25) is 11.8 Å². The number of ether oxygens (including phenoxy) is 25. The Labute approximate surface area is 716 Å². The van der Waals surface area contributed by atoms with Crippen molar-refractivity contribution in [3.8, 4) is 11.1 Å². The topological polar surface area (TPSA) is 335 Å². The lowest BCUT2D eigenvalue weighted by molar-refractivity contribution is -0.157. The van der Waals surface area contributed by atoms with Crippen LogP contribution in [0.4, 0.5) is 4.79 Å². The zero-order valence-corrected chi connectivity index (χ0v) is 73.6. The molecule has 0 unspecified atom stereocenters. The maximum atomic E-state index is 13.1. The van der Waals surface area contributed by atoms with Gasteiger partial charge in [0, 0.05) is 31.8 Å². The van der Waals surface area contributed by atoms with Gasteiger partial charge in [0.15, 0.2) is 0 Å². The highest BCUT2D eigenvalue weighted by Crippen LogP contribution is 2.44. The number of benzene rings is 2. The summed E-state index contributed by atoms with van der Waals surface area (Å²) >= 11 is 0. The minimum absolute atomic E-state index is 0.0192. The maximum Gasteiger partial charge on any atom is 0.407 e. The number of carbonyl (C=O) groups excluding carboxylic acids is 4. The molecule has 0 aliphatic heterocycles. The van der Waals surface area contributed by atoms with Crippen LogP contribution in [0.15, 0.2) is 48.5 Å². The largest absolute Gasteiger partial charge is 0.458 e. The molecule has 0 saturated heterocycles. The van der Waals surface area contributed by atoms with Gasteiger partial charge in [-0.1, -0.05) is 133 Å². The molecule has 696 valence electrons. The molecule has 2 aromatic rings. The van der Waals surface area contributed by atoms with E-state index in [2.05, 4.69) is 35.0 Å². The predicted molar refractivity (Wildman–Crippen MR) is 452 cm³/mol. The van der Waals surface area contributed by atoms with Gasteiger partial charge in [-0.25, -0.2) is 9.59 Å². The van der Waals surface area contributed by atoms with E-state index in [-0.39, 0.29) is 50.3 Å². The van der Waals surface area contributed by atoms with Crippen LogP contribution < -0.4 is 16.0 Å². The monoisotopic (exact) mass is 1720 g/mol. The van der Waals surface area contributed by atoms with Crippen LogP contribution in [0.3, 0.4) is 0 Å². The van der Waals surface area contributed by atoms with Crippen LogP contribution in [0, 0.1) is 0 Å². The van der Waals surface area contributed by atoms with Crippen molar-refractivity contribution >= 4 is 23.9 Å². The molecule has 1 atom stereocenters. The quantitative estimate of drug-likeness (QED) is 0.0410. The van der Waals surface area contributed by atoms with E-state index in [1.807, 2.05) is 36.4 Å². The third kappa shape index (κ3) is 69.5. The maximum absolute atomic E-state index is 13.1. The van der Waals surface area contributed by atoms with Crippen molar-refractivity contribution in [2.45, 2.75) is 148 Å². The first-order chi connectivity index (χ1) is 59.1. The molecule has 3 N–H and O–H groups in total. The van der Waals surface area contributed by atoms with Gasteiger partial charge in [0.25, 0.3) is 0 Å². The van der Waals surface area contributed by atoms with Crippen molar-refractivity contribution in [2.24, 2.45) is 0 Å². The lowest BCUT2D eigenvalue weighted by Crippen LogP contribution is -2.45. The Hall–Kier alpha value is -4.80. The van der Waals surface area contributed by atoms with Crippen LogP contribution in [-0.2, 0) is 133 Å². The van der Waals surface area contributed by atoms with Crippen LogP contribution >= 0.6 is 0 Å². The van der Waals surface area contributed by atoms with E-state index in [1.165, 1.54) is 70.6 Å². The molecule has 1 aliphatic rings. The van der Waals surface area contributed by atoms with E-state index in [9.17, 15) is 19.2 Å². The third-order valence-corrected chi connectivity index (χ3v) is 17.8. The van der Waals surface area contributed by atoms with Crippen molar-refractivity contribution in [1.29, 1.82) is 0 Å². The van der Waals surface area contributed by atoms with Gasteiger partial charge in [0.05, 0.1) is 304 Å². The van der Waals surface area contributed by atoms with Crippen molar-refractivity contribution in [3.05, 3.63) is 59.7 Å². The number of nitrogens with one attached hydrogen (secondary N) is 3. The summed E-state index contributed by atoms with van der Waals surface area (Å²) in [6, 6.07) is 15.0. The number of alkyl carbamates (subject to hydrolysis) is 1. The fourth-order valence-corrected chi connectivity index (χ4v) is 11.6. The molecule has 32 heteroatoms. The molecule has 0 bridgehead atoms. The Bertz CT molecular complexity index is 2580. The first-order valence-corrected chi connectivity index (χ1v) is 44.2. The minimum Gasteiger partial charge on any atom is -0.458 e. The molecule has 3 rings (SSSR count). The van der Waals surface area contributed by atoms with Gasteiger partial charge < -0.3 is 134 Å². The molecular formula is C88H155N3O29. The van der Waals surface area contributed by atoms with E-state index in [4.69, 9.17) is 118 Å². The first-order valence-electron chi connectivity index (χ1n) is 44.2. The third-order valence-electron chi connectivity index (χ3n) is 17.8. The van der Waals surface area contributed by atoms with E-state index in [0.717, 1.165) is 35.1 Å². The van der Waals surface area contributed by atoms with E-state index < -0.39 is 23.7 Å². The van der Waals surface area contributed by atoms with E-state index in [1.54, 1.807) is 20.8 Å². The second kappa shape index (κ2) is 83.7. The second-order valence-corrected chi connectivity index (χ2v) is 28.9. The number of hydrogen-bond donors (Lipinski definition) is 3. The van der Waals surface area contributed by atoms with Crippen molar-refractivity contribution in [1.82, 2.24) is 16.0 Å². The fraction of sp³-hybridized carbons (Fsp3) is 0.818. The Kier molecular flexibility index (Phi) is 76.3. The summed E-state index contributed by atoms with van der Waals surface area (Å²) in [6.45, 7) is 29.4. The van der Waals surface area contributed by atoms with Gasteiger partial charge in [-0.3, -0.25) is 9.59 Å². The minimum atomic E-state index is -1.09. The Morgan fingerprint density at radius 3 is 0.775 bits per heavy atom. The van der Waals surface area contributed by atoms with Gasteiger partial charge in [-0.2, -0.15) is 0 Å². The van der Waals surface area contributed by atoms with E-state index in [0.29, 0.717) is 310 Å². The molecule has 32 nitrogen and oxygen atoms in total. The lowest BCUT2D eigenvalue weighted by Gasteiger charge is -2.24. The molecule has 3 amide bonds. The molecule has 2 aromatic carbocycles. The van der Waals surface area contributed by atoms with Gasteiger partial charge in [0.1, 0.15) is 18.2 Å². The number of amides is 3. The summed E-state index contributed by atoms with van der Waals surface area (Å²) in [7, 11) is 0. The number of fused-ring (bicyclic) bond motifs is 3. The Balaban J connectivity index is 0.879. The normalized spacial score (nSPS) is 12.3. The molecule has 0 saturated carbocycles. The van der Waals surface area contributed by atoms with Gasteiger partial charge in [-0.15, -0.1) is 0 Å². The number of hydrogen-bond acceptors (Lipinski definition) is 29. The lowest BCUT2D eigenvalue weighted by atomic mass is 9.98. The molecule has 0 radical (unpaired) electrons. The van der Waals surface area contributed by atoms with Crippen LogP contribution in [-0.4, -0.2) is 359 Å². The number of esters is 1. The Morgan fingerprint density at radius 2 is 0.525 bits per heavy atom. The summed E-state index contributed by atoms with van der Waals surface area (Å²) in [5, 5.41) is 8.35. The first kappa shape index (κ1) is 109. The molecule has 0 fully saturated rings. The van der Waals surface area contributed by atoms with Crippen molar-refractivity contribution in [2.75, 3.05) is 324 Å². The number of rotatable bonds is 93. The standard InChI is InChI=1S/C88H155N3O29/c1-5-6-7-8-9-10-11-12-13-14-15-16-17-26-84(92)89-29-31-96-33-35-98-37-39-100-41-43-102-45-47-104-49-51-106-53-55-108-57-59-110-61-63-112-65-67-114-69-71-116-73-75-118-76-74-117-72-70-115-68-66-113-64-62-111-60-58-109-56-54-107-52-50-105-48-46-103-44-42-101-40-38-99-36-34-97-32-30-90-85(93)28-27-83(86(94)120-88(2,3)4)91-87(95)119-77-82-80-24-20-18-22-78(80)79-23-19-21-25-81(79)82/h18-25,82-83H,5-17,26-77H2,1-4H3,(H,89,92)(H,90,93)(H,91,95)/t83-/m0/s1. The van der Waals surface area contributed by atoms with Gasteiger partial charge >= 0.3 is 12.1 Å². The summed E-state index contributed by atoms with van der Waals surface area (Å²) in [5.74, 6) is -0.987. The molecule has 0 spiro atoms. The smallest absolute Gasteiger partial charge is 0.407 e. The number of unbranched alkanes of at least 4 members (excludes halogenated alkanes) is 12. The van der Waals surface area contributed by atoms with Crippen LogP contribution in [0.2, 0.25) is 0 Å². The molecule has 0 aromatic heterocycles. The SMILES string of the molecule is CCCCCCCCCCCCCCCC(=O)NCCOCCOCCOCCOCCOCCOCCOCCOCCOCCOCCOCCOCCOCCOCCOCCOCCOCCOCCOCCOCCOCCOCCOCCNC(=O)CC[C@H](NC(=O)OCC1c2ccccc2-c2ccccc21)C(=O)OC(C)(C)C. The highest BCUT2D eigenvalue weighted by molar-refractivity contribution is 5.83. The molecular weight excluding hydrogens is 1560 g/mol. The predicted octanol–water partition coefficient (Wildman–Crippen LogP) is 9.11. The molecule has 0 heterocycles. The second-order valence-electron chi connectivity index (χ2n) is 28.9. The van der Waals surface area contributed by atoms with Crippen LogP contribution in [0.25, 0.3) is 11.1 Å². The highest BCUT2D eigenvalue weighted by Gasteiger charge is 2.32. The summed E-state index contributed by atoms with van der Waals surface area (Å²) in [6.07, 6.45) is 16.7. The Morgan fingerprint density at radius 1 is 0.300 bits per heavy atom. The van der Waals surface area contributed by atoms with Crippen LogP contribution in [0.5, 0.6) is 0 Å². The van der Waals surface area contributed by atoms with Crippen molar-refractivity contribution < 1.29 is 138 Å². The zero-order chi connectivity index (χ0) is 85.7. The van der Waals surface area contributed by atoms with E-state index >= 15 is 0 Å². The van der Waals surface area contributed by atoms with Gasteiger partial charge in [-0.05, 0) is 55.9 Å². The average molecular weight is 1720 g/mol. The molecule has 120 heavy (non-hydrogen) atoms. The summed E-state index contributed by atoms with van der Waals surface area (Å²) < 4.78 is 139. The molecule has 1 aliphatic carbocycles. The number of carbonyl (C=O) groups is 4. The highest BCUT2D eigenvalue weighted by atomic mass is 16.6. The van der Waals surface area contributed by atoms with Crippen molar-refractivity contribution in [3.63, 3.8) is 0 Å². The summed E-state index contributed by atoms with van der Waals surface area (Å²) in [4.78, 5) is 50.9. The van der Waals surface area contributed by atoms with Crippen LogP contribution in [0.1, 0.15) is 147 Å².